The standard InChI is InChI=1S/C26H32FN3O3S/c1-4-25(2,3)18-11-13-26(14-12-18)23(32)30(24(33)29-26)16-21(31)28-22(20-6-5-15-34-20)17-7-9-19(27)10-8-17/h5-10,15,18,22H,4,11-14,16H2,1-3H3,(H,28,31)(H,29,33). The van der Waals surface area contributed by atoms with Crippen LogP contribution in [0.5, 0.6) is 0 Å². The monoisotopic (exact) mass is 485 g/mol. The molecule has 4 amide bonds. The van der Waals surface area contributed by atoms with E-state index < -0.39 is 23.5 Å². The topological polar surface area (TPSA) is 78.5 Å². The SMILES string of the molecule is CCC(C)(C)C1CCC2(CC1)NC(=O)N(CC(=O)NC(c1ccc(F)cc1)c1cccs1)C2=O. The summed E-state index contributed by atoms with van der Waals surface area (Å²) < 4.78 is 13.4. The third-order valence-corrected chi connectivity index (χ3v) is 8.68. The van der Waals surface area contributed by atoms with E-state index in [1.165, 1.54) is 23.5 Å². The lowest BCUT2D eigenvalue weighted by molar-refractivity contribution is -0.136. The van der Waals surface area contributed by atoms with Gasteiger partial charge in [-0.25, -0.2) is 9.18 Å². The Morgan fingerprint density at radius 2 is 1.91 bits per heavy atom. The normalized spacial score (nSPS) is 23.8. The van der Waals surface area contributed by atoms with Gasteiger partial charge in [0.15, 0.2) is 0 Å². The molecule has 4 rings (SSSR count). The van der Waals surface area contributed by atoms with E-state index in [0.717, 1.165) is 34.6 Å². The molecule has 2 heterocycles. The molecule has 2 aliphatic rings. The highest BCUT2D eigenvalue weighted by atomic mass is 32.1. The van der Waals surface area contributed by atoms with Crippen molar-refractivity contribution in [1.82, 2.24) is 15.5 Å². The smallest absolute Gasteiger partial charge is 0.325 e. The second-order valence-electron chi connectivity index (χ2n) is 10.1. The van der Waals surface area contributed by atoms with E-state index in [0.29, 0.717) is 18.8 Å². The Labute approximate surface area is 203 Å². The Hall–Kier alpha value is -2.74. The van der Waals surface area contributed by atoms with Crippen LogP contribution in [-0.2, 0) is 9.59 Å². The number of hydrogen-bond donors (Lipinski definition) is 2. The number of urea groups is 1. The van der Waals surface area contributed by atoms with Gasteiger partial charge in [0, 0.05) is 4.88 Å². The van der Waals surface area contributed by atoms with E-state index >= 15 is 0 Å². The summed E-state index contributed by atoms with van der Waals surface area (Å²) in [7, 11) is 0. The fraction of sp³-hybridized carbons (Fsp3) is 0.500. The molecule has 1 atom stereocenters. The van der Waals surface area contributed by atoms with Crippen LogP contribution in [0.25, 0.3) is 0 Å². The van der Waals surface area contributed by atoms with E-state index in [9.17, 15) is 18.8 Å². The molecular weight excluding hydrogens is 453 g/mol. The summed E-state index contributed by atoms with van der Waals surface area (Å²) in [5, 5.41) is 7.72. The number of rotatable bonds is 7. The highest BCUT2D eigenvalue weighted by molar-refractivity contribution is 7.10. The van der Waals surface area contributed by atoms with E-state index in [2.05, 4.69) is 31.4 Å². The number of amides is 4. The quantitative estimate of drug-likeness (QED) is 0.541. The van der Waals surface area contributed by atoms with Gasteiger partial charge in [0.2, 0.25) is 5.91 Å². The van der Waals surface area contributed by atoms with Gasteiger partial charge in [0.25, 0.3) is 5.91 Å². The van der Waals surface area contributed by atoms with Crippen molar-refractivity contribution in [1.29, 1.82) is 0 Å². The molecule has 0 bridgehead atoms. The predicted octanol–water partition coefficient (Wildman–Crippen LogP) is 5.01. The van der Waals surface area contributed by atoms with Gasteiger partial charge in [-0.1, -0.05) is 45.4 Å². The molecule has 8 heteroatoms. The van der Waals surface area contributed by atoms with Crippen LogP contribution in [0, 0.1) is 17.2 Å². The molecule has 1 saturated heterocycles. The highest BCUT2D eigenvalue weighted by Crippen LogP contribution is 2.45. The minimum atomic E-state index is -0.901. The second-order valence-corrected chi connectivity index (χ2v) is 11.1. The molecule has 1 aromatic heterocycles. The van der Waals surface area contributed by atoms with Crippen LogP contribution in [0.4, 0.5) is 9.18 Å². The lowest BCUT2D eigenvalue weighted by Gasteiger charge is -2.42. The van der Waals surface area contributed by atoms with Gasteiger partial charge in [-0.05, 0) is 66.2 Å². The maximum atomic E-state index is 13.4. The highest BCUT2D eigenvalue weighted by Gasteiger charge is 2.53. The molecule has 2 N–H and O–H groups in total. The maximum absolute atomic E-state index is 13.4. The van der Waals surface area contributed by atoms with Crippen LogP contribution in [-0.4, -0.2) is 34.8 Å². The lowest BCUT2D eigenvalue weighted by atomic mass is 9.65. The van der Waals surface area contributed by atoms with Gasteiger partial charge < -0.3 is 10.6 Å². The molecule has 182 valence electrons. The number of nitrogens with one attached hydrogen (secondary N) is 2. The zero-order chi connectivity index (χ0) is 24.5. The summed E-state index contributed by atoms with van der Waals surface area (Å²) in [6, 6.07) is 8.70. The maximum Gasteiger partial charge on any atom is 0.325 e. The summed E-state index contributed by atoms with van der Waals surface area (Å²) >= 11 is 1.47. The Morgan fingerprint density at radius 1 is 1.24 bits per heavy atom. The first-order chi connectivity index (χ1) is 16.1. The van der Waals surface area contributed by atoms with Crippen molar-refractivity contribution in [3.8, 4) is 0 Å². The number of imide groups is 1. The minimum absolute atomic E-state index is 0.198. The Morgan fingerprint density at radius 3 is 2.50 bits per heavy atom. The van der Waals surface area contributed by atoms with Gasteiger partial charge in [-0.2, -0.15) is 0 Å². The minimum Gasteiger partial charge on any atom is -0.343 e. The van der Waals surface area contributed by atoms with E-state index in [-0.39, 0.29) is 23.7 Å². The Bertz CT molecular complexity index is 1040. The summed E-state index contributed by atoms with van der Waals surface area (Å²) in [5.74, 6) is -0.604. The van der Waals surface area contributed by atoms with E-state index in [1.807, 2.05) is 17.5 Å². The van der Waals surface area contributed by atoms with Crippen molar-refractivity contribution in [2.24, 2.45) is 11.3 Å². The van der Waals surface area contributed by atoms with Gasteiger partial charge in [-0.15, -0.1) is 11.3 Å². The third kappa shape index (κ3) is 4.73. The van der Waals surface area contributed by atoms with Crippen LogP contribution in [0.2, 0.25) is 0 Å². The van der Waals surface area contributed by atoms with Crippen molar-refractivity contribution < 1.29 is 18.8 Å². The molecule has 1 saturated carbocycles. The first-order valence-corrected chi connectivity index (χ1v) is 12.8. The molecule has 1 spiro atoms. The average Bonchev–Trinajstić information content (AvgIpc) is 3.42. The van der Waals surface area contributed by atoms with Crippen LogP contribution in [0.15, 0.2) is 41.8 Å². The van der Waals surface area contributed by atoms with E-state index in [4.69, 9.17) is 0 Å². The molecule has 6 nitrogen and oxygen atoms in total. The number of thiophene rings is 1. The lowest BCUT2D eigenvalue weighted by Crippen LogP contribution is -2.51. The fourth-order valence-electron chi connectivity index (χ4n) is 5.12. The van der Waals surface area contributed by atoms with Gasteiger partial charge in [0.05, 0.1) is 6.04 Å². The molecule has 2 fully saturated rings. The summed E-state index contributed by atoms with van der Waals surface area (Å²) in [5.41, 5.74) is 0.0222. The summed E-state index contributed by atoms with van der Waals surface area (Å²) in [6.45, 7) is 6.35. The second kappa shape index (κ2) is 9.49. The zero-order valence-corrected chi connectivity index (χ0v) is 20.7. The third-order valence-electron chi connectivity index (χ3n) is 7.74. The Kier molecular flexibility index (Phi) is 6.80. The molecule has 1 aliphatic carbocycles. The van der Waals surface area contributed by atoms with Crippen molar-refractivity contribution in [2.45, 2.75) is 64.5 Å². The predicted molar refractivity (Wildman–Crippen MR) is 130 cm³/mol. The molecule has 34 heavy (non-hydrogen) atoms. The van der Waals surface area contributed by atoms with Crippen molar-refractivity contribution in [3.63, 3.8) is 0 Å². The van der Waals surface area contributed by atoms with Crippen LogP contribution < -0.4 is 10.6 Å². The number of carbonyl (C=O) groups excluding carboxylic acids is 3. The van der Waals surface area contributed by atoms with Gasteiger partial charge in [-0.3, -0.25) is 14.5 Å². The van der Waals surface area contributed by atoms with Crippen molar-refractivity contribution in [3.05, 3.63) is 58.0 Å². The molecular formula is C26H32FN3O3S. The van der Waals surface area contributed by atoms with E-state index in [1.54, 1.807) is 12.1 Å². The van der Waals surface area contributed by atoms with Crippen LogP contribution in [0.3, 0.4) is 0 Å². The number of nitrogens with zero attached hydrogens (tertiary/aromatic N) is 1. The van der Waals surface area contributed by atoms with Gasteiger partial charge >= 0.3 is 6.03 Å². The molecule has 1 unspecified atom stereocenters. The molecule has 1 aromatic carbocycles. The van der Waals surface area contributed by atoms with Crippen molar-refractivity contribution in [2.75, 3.05) is 6.54 Å². The van der Waals surface area contributed by atoms with Gasteiger partial charge in [0.1, 0.15) is 17.9 Å². The Balaban J connectivity index is 1.44. The summed E-state index contributed by atoms with van der Waals surface area (Å²) in [4.78, 5) is 40.9. The average molecular weight is 486 g/mol. The molecule has 0 radical (unpaired) electrons. The fourth-order valence-corrected chi connectivity index (χ4v) is 5.92. The number of hydrogen-bond acceptors (Lipinski definition) is 4. The number of carbonyl (C=O) groups is 3. The number of halogens is 1. The van der Waals surface area contributed by atoms with Crippen LogP contribution in [0.1, 0.15) is 69.4 Å². The van der Waals surface area contributed by atoms with Crippen molar-refractivity contribution >= 4 is 29.2 Å². The summed E-state index contributed by atoms with van der Waals surface area (Å²) in [6.07, 6.45) is 4.00. The number of benzene rings is 1. The first kappa shape index (κ1) is 24.4. The zero-order valence-electron chi connectivity index (χ0n) is 19.9. The molecule has 2 aromatic rings. The van der Waals surface area contributed by atoms with Crippen LogP contribution >= 0.6 is 11.3 Å². The first-order valence-electron chi connectivity index (χ1n) is 11.9. The largest absolute Gasteiger partial charge is 0.343 e. The molecule has 1 aliphatic heterocycles.